The molecule has 1 unspecified atom stereocenters. The summed E-state index contributed by atoms with van der Waals surface area (Å²) in [5.74, 6) is -0.293. The number of nitrogens with one attached hydrogen (secondary N) is 1. The molecule has 0 aliphatic carbocycles. The number of nitrogens with two attached hydrogens (primary N) is 1. The van der Waals surface area contributed by atoms with Gasteiger partial charge in [0.2, 0.25) is 5.91 Å². The maximum Gasteiger partial charge on any atom is 0.234 e. The van der Waals surface area contributed by atoms with Crippen molar-refractivity contribution >= 4 is 5.91 Å². The third-order valence-corrected chi connectivity index (χ3v) is 2.88. The zero-order chi connectivity index (χ0) is 12.3. The summed E-state index contributed by atoms with van der Waals surface area (Å²) in [6.45, 7) is 2.22. The van der Waals surface area contributed by atoms with Crippen LogP contribution in [0.3, 0.4) is 0 Å². The Labute approximate surface area is 99.6 Å². The summed E-state index contributed by atoms with van der Waals surface area (Å²) >= 11 is 0. The fourth-order valence-corrected chi connectivity index (χ4v) is 2.00. The molecule has 1 atom stereocenters. The minimum Gasteiger partial charge on any atom is -0.354 e. The van der Waals surface area contributed by atoms with Crippen LogP contribution in [0.2, 0.25) is 0 Å². The third kappa shape index (κ3) is 3.01. The van der Waals surface area contributed by atoms with E-state index >= 15 is 0 Å². The molecule has 1 aromatic carbocycles. The van der Waals surface area contributed by atoms with Gasteiger partial charge in [-0.3, -0.25) is 9.69 Å². The van der Waals surface area contributed by atoms with Crippen LogP contribution < -0.4 is 11.1 Å². The first-order valence-electron chi connectivity index (χ1n) is 5.66. The maximum atomic E-state index is 13.5. The van der Waals surface area contributed by atoms with E-state index in [-0.39, 0.29) is 11.7 Å². The van der Waals surface area contributed by atoms with Crippen LogP contribution in [-0.2, 0) is 4.79 Å². The van der Waals surface area contributed by atoms with Crippen LogP contribution in [0.1, 0.15) is 11.6 Å². The lowest BCUT2D eigenvalue weighted by molar-refractivity contribution is -0.124. The Balaban J connectivity index is 1.99. The van der Waals surface area contributed by atoms with Crippen LogP contribution in [0, 0.1) is 5.82 Å². The normalized spacial score (nSPS) is 18.8. The van der Waals surface area contributed by atoms with Gasteiger partial charge in [0.1, 0.15) is 5.82 Å². The largest absolute Gasteiger partial charge is 0.354 e. The van der Waals surface area contributed by atoms with E-state index in [1.54, 1.807) is 18.2 Å². The second-order valence-electron chi connectivity index (χ2n) is 4.21. The standard InChI is InChI=1S/C12H16FN3O/c13-10-4-2-1-3-9(10)11(14)7-16-6-5-15-12(17)8-16/h1-4,11H,5-8,14H2,(H,15,17). The number of hydrogen-bond acceptors (Lipinski definition) is 3. The zero-order valence-electron chi connectivity index (χ0n) is 9.53. The predicted molar refractivity (Wildman–Crippen MR) is 62.8 cm³/mol. The minimum absolute atomic E-state index is 0.00279. The molecular formula is C12H16FN3O. The lowest BCUT2D eigenvalue weighted by atomic mass is 10.1. The molecule has 5 heteroatoms. The summed E-state index contributed by atoms with van der Waals surface area (Å²) in [6, 6.07) is 6.09. The number of hydrogen-bond donors (Lipinski definition) is 2. The average Bonchev–Trinajstić information content (AvgIpc) is 2.29. The van der Waals surface area contributed by atoms with E-state index < -0.39 is 6.04 Å². The van der Waals surface area contributed by atoms with Gasteiger partial charge >= 0.3 is 0 Å². The summed E-state index contributed by atoms with van der Waals surface area (Å²) in [5, 5.41) is 2.74. The van der Waals surface area contributed by atoms with Crippen molar-refractivity contribution in [3.8, 4) is 0 Å². The van der Waals surface area contributed by atoms with Crippen molar-refractivity contribution in [2.24, 2.45) is 5.73 Å². The molecule has 1 saturated heterocycles. The van der Waals surface area contributed by atoms with Gasteiger partial charge in [-0.1, -0.05) is 18.2 Å². The van der Waals surface area contributed by atoms with E-state index in [2.05, 4.69) is 5.32 Å². The summed E-state index contributed by atoms with van der Waals surface area (Å²) in [6.07, 6.45) is 0. The molecule has 0 spiro atoms. The monoisotopic (exact) mass is 237 g/mol. The molecule has 3 N–H and O–H groups in total. The highest BCUT2D eigenvalue weighted by molar-refractivity contribution is 5.78. The first-order chi connectivity index (χ1) is 8.16. The summed E-state index contributed by atoms with van der Waals surface area (Å²) < 4.78 is 13.5. The van der Waals surface area contributed by atoms with Crippen LogP contribution in [-0.4, -0.2) is 37.0 Å². The molecule has 1 aliphatic rings. The molecule has 1 fully saturated rings. The van der Waals surface area contributed by atoms with Gasteiger partial charge in [0.25, 0.3) is 0 Å². The molecule has 0 bridgehead atoms. The van der Waals surface area contributed by atoms with Crippen LogP contribution in [0.15, 0.2) is 24.3 Å². The summed E-state index contributed by atoms with van der Waals surface area (Å²) in [4.78, 5) is 13.1. The number of piperazine rings is 1. The van der Waals surface area contributed by atoms with Gasteiger partial charge in [-0.05, 0) is 6.07 Å². The maximum absolute atomic E-state index is 13.5. The fraction of sp³-hybridized carbons (Fsp3) is 0.417. The Bertz CT molecular complexity index is 410. The molecule has 2 rings (SSSR count). The van der Waals surface area contributed by atoms with Gasteiger partial charge in [0.05, 0.1) is 6.54 Å². The highest BCUT2D eigenvalue weighted by atomic mass is 19.1. The lowest BCUT2D eigenvalue weighted by Crippen LogP contribution is -2.49. The van der Waals surface area contributed by atoms with Crippen molar-refractivity contribution < 1.29 is 9.18 Å². The van der Waals surface area contributed by atoms with E-state index in [9.17, 15) is 9.18 Å². The highest BCUT2D eigenvalue weighted by Gasteiger charge is 2.20. The van der Waals surface area contributed by atoms with Crippen LogP contribution in [0.4, 0.5) is 4.39 Å². The number of benzene rings is 1. The topological polar surface area (TPSA) is 58.4 Å². The molecule has 1 aliphatic heterocycles. The number of halogens is 1. The van der Waals surface area contributed by atoms with E-state index in [4.69, 9.17) is 5.73 Å². The quantitative estimate of drug-likeness (QED) is 0.792. The molecule has 92 valence electrons. The summed E-state index contributed by atoms with van der Waals surface area (Å²) in [5.41, 5.74) is 6.46. The van der Waals surface area contributed by atoms with E-state index in [1.807, 2.05) is 4.90 Å². The van der Waals surface area contributed by atoms with Gasteiger partial charge in [-0.25, -0.2) is 4.39 Å². The Morgan fingerprint density at radius 2 is 2.24 bits per heavy atom. The molecule has 0 radical (unpaired) electrons. The smallest absolute Gasteiger partial charge is 0.234 e. The predicted octanol–water partition coefficient (Wildman–Crippen LogP) is 0.257. The summed E-state index contributed by atoms with van der Waals surface area (Å²) in [7, 11) is 0. The van der Waals surface area contributed by atoms with Crippen LogP contribution >= 0.6 is 0 Å². The van der Waals surface area contributed by atoms with E-state index in [0.29, 0.717) is 25.2 Å². The second kappa shape index (κ2) is 5.25. The van der Waals surface area contributed by atoms with Gasteiger partial charge < -0.3 is 11.1 Å². The van der Waals surface area contributed by atoms with Crippen molar-refractivity contribution in [3.63, 3.8) is 0 Å². The van der Waals surface area contributed by atoms with Gasteiger partial charge in [0.15, 0.2) is 0 Å². The van der Waals surface area contributed by atoms with Gasteiger partial charge in [-0.15, -0.1) is 0 Å². The Morgan fingerprint density at radius 1 is 1.47 bits per heavy atom. The molecule has 0 aromatic heterocycles. The Hall–Kier alpha value is -1.46. The minimum atomic E-state index is -0.401. The molecular weight excluding hydrogens is 221 g/mol. The molecule has 1 aromatic rings. The first-order valence-corrected chi connectivity index (χ1v) is 5.66. The van der Waals surface area contributed by atoms with Crippen LogP contribution in [0.5, 0.6) is 0 Å². The molecule has 4 nitrogen and oxygen atoms in total. The molecule has 1 heterocycles. The Kier molecular flexibility index (Phi) is 3.71. The molecule has 1 amide bonds. The van der Waals surface area contributed by atoms with E-state index in [1.165, 1.54) is 6.07 Å². The van der Waals surface area contributed by atoms with Crippen molar-refractivity contribution in [1.82, 2.24) is 10.2 Å². The third-order valence-electron chi connectivity index (χ3n) is 2.88. The number of carbonyl (C=O) groups is 1. The van der Waals surface area contributed by atoms with Crippen molar-refractivity contribution in [3.05, 3.63) is 35.6 Å². The fourth-order valence-electron chi connectivity index (χ4n) is 2.00. The zero-order valence-corrected chi connectivity index (χ0v) is 9.53. The number of nitrogens with zero attached hydrogens (tertiary/aromatic N) is 1. The van der Waals surface area contributed by atoms with E-state index in [0.717, 1.165) is 6.54 Å². The number of amides is 1. The van der Waals surface area contributed by atoms with Crippen LogP contribution in [0.25, 0.3) is 0 Å². The molecule has 0 saturated carbocycles. The average molecular weight is 237 g/mol. The van der Waals surface area contributed by atoms with Crippen molar-refractivity contribution in [2.45, 2.75) is 6.04 Å². The number of carbonyl (C=O) groups excluding carboxylic acids is 1. The van der Waals surface area contributed by atoms with Gasteiger partial charge in [-0.2, -0.15) is 0 Å². The second-order valence-corrected chi connectivity index (χ2v) is 4.21. The SMILES string of the molecule is NC(CN1CCNC(=O)C1)c1ccccc1F. The lowest BCUT2D eigenvalue weighted by Gasteiger charge is -2.29. The Morgan fingerprint density at radius 3 is 2.94 bits per heavy atom. The number of rotatable bonds is 3. The highest BCUT2D eigenvalue weighted by Crippen LogP contribution is 2.15. The van der Waals surface area contributed by atoms with Crippen molar-refractivity contribution in [1.29, 1.82) is 0 Å². The van der Waals surface area contributed by atoms with Gasteiger partial charge in [0, 0.05) is 31.2 Å². The van der Waals surface area contributed by atoms with Crippen molar-refractivity contribution in [2.75, 3.05) is 26.2 Å². The molecule has 17 heavy (non-hydrogen) atoms. The first kappa shape index (κ1) is 12.0.